The van der Waals surface area contributed by atoms with E-state index in [1.807, 2.05) is 24.3 Å². The van der Waals surface area contributed by atoms with Crippen molar-refractivity contribution in [3.05, 3.63) is 65.5 Å². The monoisotopic (exact) mass is 258 g/mol. The Labute approximate surface area is 109 Å². The molecule has 0 radical (unpaired) electrons. The van der Waals surface area contributed by atoms with Gasteiger partial charge in [-0.2, -0.15) is 0 Å². The first kappa shape index (κ1) is 11.5. The summed E-state index contributed by atoms with van der Waals surface area (Å²) in [6, 6.07) is 13.9. The molecule has 1 aliphatic heterocycles. The van der Waals surface area contributed by atoms with Gasteiger partial charge < -0.3 is 0 Å². The number of carbonyl (C=O) groups is 1. The molecule has 0 spiro atoms. The second kappa shape index (κ2) is 4.58. The third-order valence-electron chi connectivity index (χ3n) is 3.05. The third kappa shape index (κ3) is 2.06. The summed E-state index contributed by atoms with van der Waals surface area (Å²) in [4.78, 5) is 13.4. The third-order valence-corrected chi connectivity index (χ3v) is 4.37. The molecule has 0 fully saturated rings. The van der Waals surface area contributed by atoms with Crippen molar-refractivity contribution in [1.29, 1.82) is 0 Å². The SMILES string of the molecule is O=C(c1cccc(F)c1)C1Cc2ccccc2S1. The first-order chi connectivity index (χ1) is 8.74. The van der Waals surface area contributed by atoms with Crippen LogP contribution in [0.2, 0.25) is 0 Å². The number of Topliss-reactive ketones (excluding diaryl/α,β-unsaturated/α-hetero) is 1. The molecule has 1 aliphatic rings. The Morgan fingerprint density at radius 2 is 2.00 bits per heavy atom. The van der Waals surface area contributed by atoms with Crippen LogP contribution in [0, 0.1) is 5.82 Å². The summed E-state index contributed by atoms with van der Waals surface area (Å²) in [5, 5.41) is -0.121. The van der Waals surface area contributed by atoms with E-state index in [9.17, 15) is 9.18 Å². The summed E-state index contributed by atoms with van der Waals surface area (Å²) >= 11 is 1.57. The number of thioether (sulfide) groups is 1. The Bertz CT molecular complexity index is 584. The normalized spacial score (nSPS) is 17.5. The van der Waals surface area contributed by atoms with E-state index in [0.29, 0.717) is 5.56 Å². The van der Waals surface area contributed by atoms with Crippen molar-refractivity contribution < 1.29 is 9.18 Å². The Hall–Kier alpha value is -1.61. The molecule has 0 aliphatic carbocycles. The van der Waals surface area contributed by atoms with Crippen LogP contribution in [0.1, 0.15) is 15.9 Å². The molecule has 0 aromatic heterocycles. The zero-order valence-corrected chi connectivity index (χ0v) is 10.4. The minimum atomic E-state index is -0.360. The van der Waals surface area contributed by atoms with Gasteiger partial charge in [-0.3, -0.25) is 4.79 Å². The van der Waals surface area contributed by atoms with Crippen LogP contribution in [-0.4, -0.2) is 11.0 Å². The summed E-state index contributed by atoms with van der Waals surface area (Å²) in [7, 11) is 0. The van der Waals surface area contributed by atoms with Gasteiger partial charge >= 0.3 is 0 Å². The van der Waals surface area contributed by atoms with Crippen molar-refractivity contribution in [2.45, 2.75) is 16.6 Å². The average molecular weight is 258 g/mol. The highest BCUT2D eigenvalue weighted by molar-refractivity contribution is 8.01. The molecule has 0 N–H and O–H groups in total. The zero-order valence-electron chi connectivity index (χ0n) is 9.60. The van der Waals surface area contributed by atoms with Crippen molar-refractivity contribution >= 4 is 17.5 Å². The molecule has 18 heavy (non-hydrogen) atoms. The Morgan fingerprint density at radius 3 is 2.78 bits per heavy atom. The number of ketones is 1. The maximum Gasteiger partial charge on any atom is 0.176 e. The number of hydrogen-bond donors (Lipinski definition) is 0. The molecule has 2 aromatic carbocycles. The van der Waals surface area contributed by atoms with Gasteiger partial charge in [0.05, 0.1) is 5.25 Å². The lowest BCUT2D eigenvalue weighted by Gasteiger charge is -2.07. The van der Waals surface area contributed by atoms with E-state index < -0.39 is 0 Å². The van der Waals surface area contributed by atoms with Crippen molar-refractivity contribution in [3.63, 3.8) is 0 Å². The highest BCUT2D eigenvalue weighted by Gasteiger charge is 2.28. The summed E-state index contributed by atoms with van der Waals surface area (Å²) in [5.74, 6) is -0.350. The summed E-state index contributed by atoms with van der Waals surface area (Å²) < 4.78 is 13.1. The highest BCUT2D eigenvalue weighted by Crippen LogP contribution is 2.38. The molecule has 1 unspecified atom stereocenters. The number of benzene rings is 2. The van der Waals surface area contributed by atoms with Gasteiger partial charge in [-0.1, -0.05) is 30.3 Å². The molecule has 1 heterocycles. The van der Waals surface area contributed by atoms with Crippen molar-refractivity contribution in [3.8, 4) is 0 Å². The molecule has 3 heteroatoms. The number of fused-ring (bicyclic) bond motifs is 1. The van der Waals surface area contributed by atoms with Gasteiger partial charge in [0.1, 0.15) is 5.82 Å². The van der Waals surface area contributed by atoms with E-state index >= 15 is 0 Å². The Morgan fingerprint density at radius 1 is 1.17 bits per heavy atom. The smallest absolute Gasteiger partial charge is 0.176 e. The molecular weight excluding hydrogens is 247 g/mol. The maximum atomic E-state index is 13.1. The second-order valence-corrected chi connectivity index (χ2v) is 5.54. The first-order valence-electron chi connectivity index (χ1n) is 5.78. The van der Waals surface area contributed by atoms with Crippen molar-refractivity contribution in [1.82, 2.24) is 0 Å². The van der Waals surface area contributed by atoms with Crippen molar-refractivity contribution in [2.24, 2.45) is 0 Å². The molecule has 0 bridgehead atoms. The second-order valence-electron chi connectivity index (χ2n) is 4.29. The quantitative estimate of drug-likeness (QED) is 0.764. The van der Waals surface area contributed by atoms with Crippen LogP contribution in [0.3, 0.4) is 0 Å². The van der Waals surface area contributed by atoms with E-state index in [4.69, 9.17) is 0 Å². The average Bonchev–Trinajstić information content (AvgIpc) is 2.81. The topological polar surface area (TPSA) is 17.1 Å². The number of carbonyl (C=O) groups excluding carboxylic acids is 1. The standard InChI is InChI=1S/C15H11FOS/c16-12-6-3-5-11(8-12)15(17)14-9-10-4-1-2-7-13(10)18-14/h1-8,14H,9H2. The molecule has 2 aromatic rings. The van der Waals surface area contributed by atoms with Crippen LogP contribution < -0.4 is 0 Å². The lowest BCUT2D eigenvalue weighted by atomic mass is 10.0. The fourth-order valence-electron chi connectivity index (χ4n) is 2.16. The maximum absolute atomic E-state index is 13.1. The van der Waals surface area contributed by atoms with E-state index in [2.05, 4.69) is 0 Å². The van der Waals surface area contributed by atoms with E-state index in [0.717, 1.165) is 11.3 Å². The van der Waals surface area contributed by atoms with Crippen LogP contribution in [0.5, 0.6) is 0 Å². The van der Waals surface area contributed by atoms with Crippen LogP contribution in [0.4, 0.5) is 4.39 Å². The molecule has 0 saturated carbocycles. The van der Waals surface area contributed by atoms with Crippen LogP contribution in [0.15, 0.2) is 53.4 Å². The molecule has 0 amide bonds. The lowest BCUT2D eigenvalue weighted by molar-refractivity contribution is 0.0989. The van der Waals surface area contributed by atoms with Gasteiger partial charge in [-0.25, -0.2) is 4.39 Å². The predicted octanol–water partition coefficient (Wildman–Crippen LogP) is 3.73. The number of halogens is 1. The van der Waals surface area contributed by atoms with E-state index in [1.54, 1.807) is 23.9 Å². The minimum absolute atomic E-state index is 0.00991. The van der Waals surface area contributed by atoms with E-state index in [1.165, 1.54) is 17.7 Å². The Kier molecular flexibility index (Phi) is 2.92. The summed E-state index contributed by atoms with van der Waals surface area (Å²) in [6.45, 7) is 0. The van der Waals surface area contributed by atoms with Gasteiger partial charge in [0.15, 0.2) is 5.78 Å². The van der Waals surface area contributed by atoms with Crippen LogP contribution >= 0.6 is 11.8 Å². The van der Waals surface area contributed by atoms with Gasteiger partial charge in [0.25, 0.3) is 0 Å². The van der Waals surface area contributed by atoms with Crippen molar-refractivity contribution in [2.75, 3.05) is 0 Å². The molecule has 1 nitrogen and oxygen atoms in total. The fourth-order valence-corrected chi connectivity index (χ4v) is 3.43. The number of rotatable bonds is 2. The lowest BCUT2D eigenvalue weighted by Crippen LogP contribution is -2.16. The van der Waals surface area contributed by atoms with Gasteiger partial charge in [0, 0.05) is 10.5 Å². The molecule has 1 atom stereocenters. The molecule has 3 rings (SSSR count). The Balaban J connectivity index is 1.84. The molecule has 0 saturated heterocycles. The number of hydrogen-bond acceptors (Lipinski definition) is 2. The summed E-state index contributed by atoms with van der Waals surface area (Å²) in [5.41, 5.74) is 1.66. The fraction of sp³-hybridized carbons (Fsp3) is 0.133. The zero-order chi connectivity index (χ0) is 12.5. The van der Waals surface area contributed by atoms with Crippen LogP contribution in [-0.2, 0) is 6.42 Å². The molecule has 90 valence electrons. The van der Waals surface area contributed by atoms with Crippen LogP contribution in [0.25, 0.3) is 0 Å². The highest BCUT2D eigenvalue weighted by atomic mass is 32.2. The minimum Gasteiger partial charge on any atom is -0.293 e. The molecular formula is C15H11FOS. The van der Waals surface area contributed by atoms with Gasteiger partial charge in [-0.15, -0.1) is 11.8 Å². The predicted molar refractivity (Wildman–Crippen MR) is 70.5 cm³/mol. The van der Waals surface area contributed by atoms with Gasteiger partial charge in [-0.05, 0) is 30.2 Å². The first-order valence-corrected chi connectivity index (χ1v) is 6.66. The van der Waals surface area contributed by atoms with E-state index in [-0.39, 0.29) is 16.9 Å². The summed E-state index contributed by atoms with van der Waals surface area (Å²) in [6.07, 6.45) is 0.732. The van der Waals surface area contributed by atoms with Gasteiger partial charge in [0.2, 0.25) is 0 Å². The largest absolute Gasteiger partial charge is 0.293 e.